The Bertz CT molecular complexity index is 578. The van der Waals surface area contributed by atoms with Crippen LogP contribution in [-0.2, 0) is 4.79 Å². The molecule has 116 valence electrons. The molecule has 2 aromatic carbocycles. The number of benzene rings is 2. The minimum atomic E-state index is -0.832. The Hall–Kier alpha value is -2.49. The Labute approximate surface area is 130 Å². The Morgan fingerprint density at radius 3 is 2.14 bits per heavy atom. The quantitative estimate of drug-likeness (QED) is 0.807. The lowest BCUT2D eigenvalue weighted by Crippen LogP contribution is -2.15. The van der Waals surface area contributed by atoms with E-state index < -0.39 is 11.9 Å². The zero-order valence-corrected chi connectivity index (χ0v) is 12.6. The van der Waals surface area contributed by atoms with Gasteiger partial charge in [0.1, 0.15) is 11.5 Å². The van der Waals surface area contributed by atoms with E-state index in [1.165, 1.54) is 0 Å². The summed E-state index contributed by atoms with van der Waals surface area (Å²) in [5.41, 5.74) is 0.797. The maximum atomic E-state index is 11.4. The van der Waals surface area contributed by atoms with Gasteiger partial charge in [-0.15, -0.1) is 0 Å². The number of carboxylic acid groups (broad SMARTS) is 1. The molecular formula is C18H20O4. The third kappa shape index (κ3) is 4.52. The van der Waals surface area contributed by atoms with Gasteiger partial charge in [0.25, 0.3) is 0 Å². The molecule has 0 saturated heterocycles. The predicted octanol–water partition coefficient (Wildman–Crippen LogP) is 3.72. The number of carboxylic acids is 1. The largest absolute Gasteiger partial charge is 0.494 e. The molecule has 0 aliphatic carbocycles. The third-order valence-corrected chi connectivity index (χ3v) is 3.31. The summed E-state index contributed by atoms with van der Waals surface area (Å²) in [6.45, 7) is 2.90. The number of aliphatic carboxylic acids is 1. The summed E-state index contributed by atoms with van der Waals surface area (Å²) in [4.78, 5) is 11.4. The Morgan fingerprint density at radius 1 is 1.00 bits per heavy atom. The second kappa shape index (κ2) is 8.08. The normalized spacial score (nSPS) is 11.7. The first-order chi connectivity index (χ1) is 10.7. The molecule has 4 heteroatoms. The Kier molecular flexibility index (Phi) is 5.83. The number of hydrogen-bond acceptors (Lipinski definition) is 3. The SMILES string of the molecule is CCOc1ccc(OCCC(C(=O)O)c2ccccc2)cc1. The molecule has 1 unspecified atom stereocenters. The van der Waals surface area contributed by atoms with Crippen molar-refractivity contribution in [3.8, 4) is 11.5 Å². The van der Waals surface area contributed by atoms with Gasteiger partial charge in [0.2, 0.25) is 0 Å². The van der Waals surface area contributed by atoms with E-state index in [0.717, 1.165) is 11.3 Å². The molecule has 4 nitrogen and oxygen atoms in total. The zero-order chi connectivity index (χ0) is 15.8. The highest BCUT2D eigenvalue weighted by Crippen LogP contribution is 2.22. The summed E-state index contributed by atoms with van der Waals surface area (Å²) in [5.74, 6) is 0.119. The molecule has 0 radical (unpaired) electrons. The first kappa shape index (κ1) is 15.9. The first-order valence-electron chi connectivity index (χ1n) is 7.34. The third-order valence-electron chi connectivity index (χ3n) is 3.31. The molecule has 0 saturated carbocycles. The maximum Gasteiger partial charge on any atom is 0.311 e. The summed E-state index contributed by atoms with van der Waals surface area (Å²) >= 11 is 0. The van der Waals surface area contributed by atoms with Crippen molar-refractivity contribution >= 4 is 5.97 Å². The molecule has 0 aliphatic heterocycles. The minimum Gasteiger partial charge on any atom is -0.494 e. The summed E-state index contributed by atoms with van der Waals surface area (Å²) < 4.78 is 11.0. The van der Waals surface area contributed by atoms with Crippen LogP contribution in [-0.4, -0.2) is 24.3 Å². The van der Waals surface area contributed by atoms with Gasteiger partial charge in [0.05, 0.1) is 19.1 Å². The van der Waals surface area contributed by atoms with Crippen LogP contribution >= 0.6 is 0 Å². The standard InChI is InChI=1S/C18H20O4/c1-2-21-15-8-10-16(11-9-15)22-13-12-17(18(19)20)14-6-4-3-5-7-14/h3-11,17H,2,12-13H2,1H3,(H,19,20). The van der Waals surface area contributed by atoms with Crippen LogP contribution in [0.4, 0.5) is 0 Å². The van der Waals surface area contributed by atoms with Gasteiger partial charge in [-0.1, -0.05) is 30.3 Å². The van der Waals surface area contributed by atoms with E-state index in [9.17, 15) is 9.90 Å². The second-order valence-electron chi connectivity index (χ2n) is 4.84. The number of carbonyl (C=O) groups is 1. The maximum absolute atomic E-state index is 11.4. The second-order valence-corrected chi connectivity index (χ2v) is 4.84. The lowest BCUT2D eigenvalue weighted by atomic mass is 9.96. The number of ether oxygens (including phenoxy) is 2. The van der Waals surface area contributed by atoms with Crippen molar-refractivity contribution in [2.75, 3.05) is 13.2 Å². The smallest absolute Gasteiger partial charge is 0.311 e. The topological polar surface area (TPSA) is 55.8 Å². The molecule has 1 atom stereocenters. The van der Waals surface area contributed by atoms with Crippen molar-refractivity contribution in [3.05, 3.63) is 60.2 Å². The average Bonchev–Trinajstić information content (AvgIpc) is 2.54. The first-order valence-corrected chi connectivity index (χ1v) is 7.34. The zero-order valence-electron chi connectivity index (χ0n) is 12.6. The van der Waals surface area contributed by atoms with Crippen LogP contribution in [0.5, 0.6) is 11.5 Å². The van der Waals surface area contributed by atoms with Crippen molar-refractivity contribution < 1.29 is 19.4 Å². The van der Waals surface area contributed by atoms with Crippen LogP contribution in [0.2, 0.25) is 0 Å². The Balaban J connectivity index is 1.89. The van der Waals surface area contributed by atoms with Gasteiger partial charge in [0, 0.05) is 0 Å². The van der Waals surface area contributed by atoms with Gasteiger partial charge in [-0.05, 0) is 43.2 Å². The van der Waals surface area contributed by atoms with Crippen LogP contribution in [0.1, 0.15) is 24.8 Å². The summed E-state index contributed by atoms with van der Waals surface area (Å²) in [5, 5.41) is 9.35. The van der Waals surface area contributed by atoms with E-state index in [2.05, 4.69) is 0 Å². The van der Waals surface area contributed by atoms with Gasteiger partial charge < -0.3 is 14.6 Å². The van der Waals surface area contributed by atoms with E-state index in [4.69, 9.17) is 9.47 Å². The lowest BCUT2D eigenvalue weighted by molar-refractivity contribution is -0.139. The van der Waals surface area contributed by atoms with Gasteiger partial charge in [-0.2, -0.15) is 0 Å². The molecule has 0 fully saturated rings. The molecule has 2 rings (SSSR count). The Morgan fingerprint density at radius 2 is 1.59 bits per heavy atom. The van der Waals surface area contributed by atoms with Gasteiger partial charge >= 0.3 is 5.97 Å². The molecule has 0 bridgehead atoms. The number of rotatable bonds is 8. The fourth-order valence-electron chi connectivity index (χ4n) is 2.21. The fraction of sp³-hybridized carbons (Fsp3) is 0.278. The van der Waals surface area contributed by atoms with E-state index in [1.54, 1.807) is 0 Å². The highest BCUT2D eigenvalue weighted by Gasteiger charge is 2.19. The van der Waals surface area contributed by atoms with E-state index in [-0.39, 0.29) is 0 Å². The minimum absolute atomic E-state index is 0.347. The fourth-order valence-corrected chi connectivity index (χ4v) is 2.21. The molecule has 2 aromatic rings. The molecule has 0 amide bonds. The van der Waals surface area contributed by atoms with Gasteiger partial charge in [0.15, 0.2) is 0 Å². The van der Waals surface area contributed by atoms with Crippen molar-refractivity contribution in [2.45, 2.75) is 19.3 Å². The molecule has 22 heavy (non-hydrogen) atoms. The molecule has 0 heterocycles. The van der Waals surface area contributed by atoms with Crippen molar-refractivity contribution in [3.63, 3.8) is 0 Å². The molecular weight excluding hydrogens is 280 g/mol. The van der Waals surface area contributed by atoms with Crippen LogP contribution in [0, 0.1) is 0 Å². The van der Waals surface area contributed by atoms with E-state index in [1.807, 2.05) is 61.5 Å². The van der Waals surface area contributed by atoms with Gasteiger partial charge in [-0.3, -0.25) is 4.79 Å². The molecule has 0 spiro atoms. The average molecular weight is 300 g/mol. The molecule has 1 N–H and O–H groups in total. The van der Waals surface area contributed by atoms with Crippen molar-refractivity contribution in [2.24, 2.45) is 0 Å². The summed E-state index contributed by atoms with van der Waals surface area (Å²) in [6.07, 6.45) is 0.423. The van der Waals surface area contributed by atoms with Crippen LogP contribution < -0.4 is 9.47 Å². The predicted molar refractivity (Wildman–Crippen MR) is 84.5 cm³/mol. The van der Waals surface area contributed by atoms with Crippen molar-refractivity contribution in [1.82, 2.24) is 0 Å². The van der Waals surface area contributed by atoms with Crippen molar-refractivity contribution in [1.29, 1.82) is 0 Å². The summed E-state index contributed by atoms with van der Waals surface area (Å²) in [6, 6.07) is 16.5. The number of hydrogen-bond donors (Lipinski definition) is 1. The lowest BCUT2D eigenvalue weighted by Gasteiger charge is -2.13. The van der Waals surface area contributed by atoms with Crippen LogP contribution in [0.15, 0.2) is 54.6 Å². The highest BCUT2D eigenvalue weighted by atomic mass is 16.5. The highest BCUT2D eigenvalue weighted by molar-refractivity contribution is 5.76. The van der Waals surface area contributed by atoms with Gasteiger partial charge in [-0.25, -0.2) is 0 Å². The molecule has 0 aromatic heterocycles. The van der Waals surface area contributed by atoms with E-state index >= 15 is 0 Å². The van der Waals surface area contributed by atoms with E-state index in [0.29, 0.717) is 25.4 Å². The summed E-state index contributed by atoms with van der Waals surface area (Å²) in [7, 11) is 0. The molecule has 0 aliphatic rings. The monoisotopic (exact) mass is 300 g/mol. The van der Waals surface area contributed by atoms with Crippen LogP contribution in [0.25, 0.3) is 0 Å². The van der Waals surface area contributed by atoms with Crippen LogP contribution in [0.3, 0.4) is 0 Å².